The van der Waals surface area contributed by atoms with Crippen LogP contribution in [0.1, 0.15) is 32.8 Å². The van der Waals surface area contributed by atoms with E-state index in [0.29, 0.717) is 6.61 Å². The summed E-state index contributed by atoms with van der Waals surface area (Å²) in [6.07, 6.45) is 4.02. The topological polar surface area (TPSA) is 43.4 Å². The van der Waals surface area contributed by atoms with Crippen LogP contribution in [-0.4, -0.2) is 24.2 Å². The molecule has 1 aliphatic heterocycles. The lowest BCUT2D eigenvalue weighted by atomic mass is 10.0. The summed E-state index contributed by atoms with van der Waals surface area (Å²) in [4.78, 5) is 4.50. The van der Waals surface area contributed by atoms with Gasteiger partial charge in [0.15, 0.2) is 0 Å². The minimum atomic E-state index is 0.208. The van der Waals surface area contributed by atoms with Gasteiger partial charge in [0.2, 0.25) is 0 Å². The Morgan fingerprint density at radius 2 is 2.29 bits per heavy atom. The van der Waals surface area contributed by atoms with E-state index in [0.717, 1.165) is 47.5 Å². The maximum absolute atomic E-state index is 6.04. The first-order valence-corrected chi connectivity index (χ1v) is 7.72. The van der Waals surface area contributed by atoms with Crippen LogP contribution in [0.2, 0.25) is 0 Å². The zero-order chi connectivity index (χ0) is 14.8. The number of nitrogens with one attached hydrogen (secondary N) is 1. The number of hydrogen-bond donors (Lipinski definition) is 1. The van der Waals surface area contributed by atoms with Crippen LogP contribution in [0.5, 0.6) is 11.5 Å². The number of rotatable bonds is 5. The van der Waals surface area contributed by atoms with Crippen LogP contribution in [0.4, 0.5) is 5.82 Å². The first-order chi connectivity index (χ1) is 10.2. The largest absolute Gasteiger partial charge is 0.493 e. The molecule has 1 N–H and O–H groups in total. The molecule has 1 unspecified atom stereocenters. The number of hydrogen-bond acceptors (Lipinski definition) is 4. The molecule has 1 aromatic carbocycles. The van der Waals surface area contributed by atoms with Crippen LogP contribution in [0, 0.1) is 0 Å². The van der Waals surface area contributed by atoms with Gasteiger partial charge in [-0.25, -0.2) is 4.98 Å². The Morgan fingerprint density at radius 1 is 1.43 bits per heavy atom. The third-order valence-electron chi connectivity index (χ3n) is 3.71. The van der Waals surface area contributed by atoms with Gasteiger partial charge in [-0.15, -0.1) is 0 Å². The van der Waals surface area contributed by atoms with Crippen LogP contribution in [0.25, 0.3) is 10.8 Å². The Bertz CT molecular complexity index is 655. The van der Waals surface area contributed by atoms with Crippen molar-refractivity contribution in [1.82, 2.24) is 4.98 Å². The molecule has 2 heterocycles. The molecule has 0 bridgehead atoms. The minimum absolute atomic E-state index is 0.208. The molecule has 1 aliphatic rings. The molecular formula is C17H22N2O2. The first kappa shape index (κ1) is 14.0. The lowest BCUT2D eigenvalue weighted by molar-refractivity contribution is 0.257. The molecule has 0 spiro atoms. The quantitative estimate of drug-likeness (QED) is 0.908. The Hall–Kier alpha value is -1.97. The van der Waals surface area contributed by atoms with Crippen LogP contribution < -0.4 is 14.8 Å². The van der Waals surface area contributed by atoms with Gasteiger partial charge in [-0.3, -0.25) is 0 Å². The molecule has 0 radical (unpaired) electrons. The van der Waals surface area contributed by atoms with E-state index < -0.39 is 0 Å². The van der Waals surface area contributed by atoms with E-state index in [1.807, 2.05) is 19.2 Å². The predicted molar refractivity (Wildman–Crippen MR) is 85.5 cm³/mol. The number of benzene rings is 1. The van der Waals surface area contributed by atoms with Gasteiger partial charge in [0, 0.05) is 30.1 Å². The van der Waals surface area contributed by atoms with Gasteiger partial charge in [-0.05, 0) is 32.4 Å². The summed E-state index contributed by atoms with van der Waals surface area (Å²) in [6.45, 7) is 7.81. The molecule has 2 aromatic rings. The third-order valence-corrected chi connectivity index (χ3v) is 3.71. The molecule has 1 aromatic heterocycles. The summed E-state index contributed by atoms with van der Waals surface area (Å²) in [5.41, 5.74) is 1.21. The molecule has 1 atom stereocenters. The molecule has 0 saturated carbocycles. The van der Waals surface area contributed by atoms with Gasteiger partial charge in [-0.1, -0.05) is 6.92 Å². The zero-order valence-corrected chi connectivity index (χ0v) is 12.9. The normalized spacial score (nSPS) is 16.6. The Balaban J connectivity index is 2.21. The summed E-state index contributed by atoms with van der Waals surface area (Å²) >= 11 is 0. The Labute approximate surface area is 125 Å². The van der Waals surface area contributed by atoms with Crippen LogP contribution in [0.3, 0.4) is 0 Å². The average Bonchev–Trinajstić information content (AvgIpc) is 2.85. The highest BCUT2D eigenvalue weighted by Gasteiger charge is 2.25. The number of pyridine rings is 1. The summed E-state index contributed by atoms with van der Waals surface area (Å²) < 4.78 is 11.9. The number of fused-ring (bicyclic) bond motifs is 3. The summed E-state index contributed by atoms with van der Waals surface area (Å²) in [6, 6.07) is 4.12. The lowest BCUT2D eigenvalue weighted by Crippen LogP contribution is -2.06. The van der Waals surface area contributed by atoms with Gasteiger partial charge in [0.1, 0.15) is 23.4 Å². The van der Waals surface area contributed by atoms with Gasteiger partial charge in [0.05, 0.1) is 12.0 Å². The van der Waals surface area contributed by atoms with E-state index in [2.05, 4.69) is 30.2 Å². The Kier molecular flexibility index (Phi) is 3.86. The summed E-state index contributed by atoms with van der Waals surface area (Å²) in [5, 5.41) is 5.52. The highest BCUT2D eigenvalue weighted by Crippen LogP contribution is 2.43. The monoisotopic (exact) mass is 286 g/mol. The van der Waals surface area contributed by atoms with E-state index >= 15 is 0 Å². The molecule has 3 rings (SSSR count). The van der Waals surface area contributed by atoms with E-state index in [1.54, 1.807) is 0 Å². The molecule has 112 valence electrons. The average molecular weight is 286 g/mol. The fourth-order valence-corrected chi connectivity index (χ4v) is 2.85. The van der Waals surface area contributed by atoms with Crippen molar-refractivity contribution in [3.05, 3.63) is 23.9 Å². The van der Waals surface area contributed by atoms with Crippen molar-refractivity contribution in [3.63, 3.8) is 0 Å². The second-order valence-electron chi connectivity index (χ2n) is 5.44. The van der Waals surface area contributed by atoms with Crippen molar-refractivity contribution in [2.75, 3.05) is 18.5 Å². The SMILES string of the molecule is CCCNc1nccc2c(OCC)cc3c(c12)OC(C)C3. The molecule has 0 saturated heterocycles. The fourth-order valence-electron chi connectivity index (χ4n) is 2.85. The maximum Gasteiger partial charge on any atom is 0.137 e. The van der Waals surface area contributed by atoms with Gasteiger partial charge in [0.25, 0.3) is 0 Å². The molecule has 4 heteroatoms. The Morgan fingerprint density at radius 3 is 3.05 bits per heavy atom. The number of ether oxygens (including phenoxy) is 2. The van der Waals surface area contributed by atoms with Gasteiger partial charge < -0.3 is 14.8 Å². The minimum Gasteiger partial charge on any atom is -0.493 e. The number of anilines is 1. The molecule has 4 nitrogen and oxygen atoms in total. The standard InChI is InChI=1S/C17H22N2O2/c1-4-7-18-17-15-13(6-8-19-17)14(20-5-2)10-12-9-11(3)21-16(12)15/h6,8,10-11H,4-5,7,9H2,1-3H3,(H,18,19). The molecule has 21 heavy (non-hydrogen) atoms. The number of aromatic nitrogens is 1. The van der Waals surface area contributed by atoms with Crippen molar-refractivity contribution < 1.29 is 9.47 Å². The van der Waals surface area contributed by atoms with Crippen molar-refractivity contribution in [2.24, 2.45) is 0 Å². The van der Waals surface area contributed by atoms with E-state index in [4.69, 9.17) is 9.47 Å². The van der Waals surface area contributed by atoms with Crippen LogP contribution >= 0.6 is 0 Å². The van der Waals surface area contributed by atoms with Crippen molar-refractivity contribution in [2.45, 2.75) is 39.7 Å². The van der Waals surface area contributed by atoms with Crippen LogP contribution in [0.15, 0.2) is 18.3 Å². The van der Waals surface area contributed by atoms with E-state index in [9.17, 15) is 0 Å². The maximum atomic E-state index is 6.04. The van der Waals surface area contributed by atoms with Gasteiger partial charge >= 0.3 is 0 Å². The predicted octanol–water partition coefficient (Wildman–Crippen LogP) is 3.78. The van der Waals surface area contributed by atoms with Gasteiger partial charge in [-0.2, -0.15) is 0 Å². The number of nitrogens with zero attached hydrogens (tertiary/aromatic N) is 1. The van der Waals surface area contributed by atoms with Crippen molar-refractivity contribution in [3.8, 4) is 11.5 Å². The summed E-state index contributed by atoms with van der Waals surface area (Å²) in [5.74, 6) is 2.78. The van der Waals surface area contributed by atoms with Crippen LogP contribution in [-0.2, 0) is 6.42 Å². The molecule has 0 aliphatic carbocycles. The second kappa shape index (κ2) is 5.80. The first-order valence-electron chi connectivity index (χ1n) is 7.72. The smallest absolute Gasteiger partial charge is 0.137 e. The fraction of sp³-hybridized carbons (Fsp3) is 0.471. The molecule has 0 amide bonds. The third kappa shape index (κ3) is 2.50. The lowest BCUT2D eigenvalue weighted by Gasteiger charge is -2.15. The highest BCUT2D eigenvalue weighted by atomic mass is 16.5. The molecule has 0 fully saturated rings. The molecular weight excluding hydrogens is 264 g/mol. The van der Waals surface area contributed by atoms with E-state index in [1.165, 1.54) is 5.56 Å². The summed E-state index contributed by atoms with van der Waals surface area (Å²) in [7, 11) is 0. The van der Waals surface area contributed by atoms with Crippen molar-refractivity contribution >= 4 is 16.6 Å². The zero-order valence-electron chi connectivity index (χ0n) is 12.9. The van der Waals surface area contributed by atoms with Crippen molar-refractivity contribution in [1.29, 1.82) is 0 Å². The highest BCUT2D eigenvalue weighted by molar-refractivity contribution is 6.01. The van der Waals surface area contributed by atoms with E-state index in [-0.39, 0.29) is 6.10 Å². The second-order valence-corrected chi connectivity index (χ2v) is 5.44.